The Bertz CT molecular complexity index is 476. The van der Waals surface area contributed by atoms with Crippen molar-refractivity contribution in [1.82, 2.24) is 19.7 Å². The third kappa shape index (κ3) is 2.24. The van der Waals surface area contributed by atoms with Gasteiger partial charge in [-0.15, -0.1) is 0 Å². The Hall–Kier alpha value is -1.62. The van der Waals surface area contributed by atoms with Crippen molar-refractivity contribution in [2.45, 2.75) is 25.9 Å². The standard InChI is InChI=1S/C12H16N4O/c1-10-4-14-16(5-10)12-2-3-15(7-12)6-11-8-17-9-13-11/h4-5,8-9,12H,2-3,6-7H2,1H3. The average Bonchev–Trinajstić information content (AvgIpc) is 2.99. The van der Waals surface area contributed by atoms with E-state index in [4.69, 9.17) is 4.42 Å². The predicted molar refractivity (Wildman–Crippen MR) is 62.4 cm³/mol. The molecule has 0 bridgehead atoms. The minimum atomic E-state index is 0.496. The molecule has 1 unspecified atom stereocenters. The Morgan fingerprint density at radius 3 is 3.18 bits per heavy atom. The monoisotopic (exact) mass is 232 g/mol. The van der Waals surface area contributed by atoms with Crippen molar-refractivity contribution in [2.75, 3.05) is 13.1 Å². The van der Waals surface area contributed by atoms with Gasteiger partial charge in [0, 0.05) is 25.8 Å². The first-order valence-corrected chi connectivity index (χ1v) is 5.91. The molecule has 90 valence electrons. The van der Waals surface area contributed by atoms with Crippen molar-refractivity contribution < 1.29 is 4.42 Å². The molecule has 5 nitrogen and oxygen atoms in total. The van der Waals surface area contributed by atoms with Crippen LogP contribution in [0, 0.1) is 6.92 Å². The van der Waals surface area contributed by atoms with Crippen LogP contribution in [0.2, 0.25) is 0 Å². The lowest BCUT2D eigenvalue weighted by atomic mass is 10.3. The second kappa shape index (κ2) is 4.33. The summed E-state index contributed by atoms with van der Waals surface area (Å²) in [5.41, 5.74) is 2.22. The van der Waals surface area contributed by atoms with Gasteiger partial charge in [-0.25, -0.2) is 4.98 Å². The van der Waals surface area contributed by atoms with Crippen LogP contribution in [-0.4, -0.2) is 32.8 Å². The summed E-state index contributed by atoms with van der Waals surface area (Å²) in [6, 6.07) is 0.496. The molecule has 0 radical (unpaired) electrons. The highest BCUT2D eigenvalue weighted by Gasteiger charge is 2.24. The molecule has 3 rings (SSSR count). The minimum absolute atomic E-state index is 0.496. The number of hydrogen-bond acceptors (Lipinski definition) is 4. The zero-order chi connectivity index (χ0) is 11.7. The molecule has 1 aliphatic rings. The van der Waals surface area contributed by atoms with E-state index in [1.165, 1.54) is 12.0 Å². The fourth-order valence-corrected chi connectivity index (χ4v) is 2.35. The highest BCUT2D eigenvalue weighted by Crippen LogP contribution is 2.22. The van der Waals surface area contributed by atoms with Gasteiger partial charge in [0.15, 0.2) is 6.39 Å². The molecule has 1 aliphatic heterocycles. The number of rotatable bonds is 3. The third-order valence-corrected chi connectivity index (χ3v) is 3.22. The lowest BCUT2D eigenvalue weighted by Crippen LogP contribution is -2.21. The Morgan fingerprint density at radius 2 is 2.47 bits per heavy atom. The maximum atomic E-state index is 4.98. The van der Waals surface area contributed by atoms with E-state index in [9.17, 15) is 0 Å². The normalized spacial score (nSPS) is 21.1. The highest BCUT2D eigenvalue weighted by atomic mass is 16.3. The van der Waals surface area contributed by atoms with Crippen molar-refractivity contribution in [2.24, 2.45) is 0 Å². The zero-order valence-corrected chi connectivity index (χ0v) is 9.91. The number of likely N-dealkylation sites (tertiary alicyclic amines) is 1. The van der Waals surface area contributed by atoms with Crippen molar-refractivity contribution in [3.63, 3.8) is 0 Å². The van der Waals surface area contributed by atoms with Gasteiger partial charge < -0.3 is 4.42 Å². The summed E-state index contributed by atoms with van der Waals surface area (Å²) in [5.74, 6) is 0. The van der Waals surface area contributed by atoms with Gasteiger partial charge in [-0.3, -0.25) is 9.58 Å². The smallest absolute Gasteiger partial charge is 0.180 e. The molecule has 0 aliphatic carbocycles. The van der Waals surface area contributed by atoms with Crippen LogP contribution < -0.4 is 0 Å². The molecule has 1 fully saturated rings. The molecule has 1 atom stereocenters. The van der Waals surface area contributed by atoms with E-state index >= 15 is 0 Å². The van der Waals surface area contributed by atoms with Crippen molar-refractivity contribution >= 4 is 0 Å². The van der Waals surface area contributed by atoms with Gasteiger partial charge in [0.2, 0.25) is 0 Å². The quantitative estimate of drug-likeness (QED) is 0.807. The van der Waals surface area contributed by atoms with Crippen LogP contribution in [0.3, 0.4) is 0 Å². The minimum Gasteiger partial charge on any atom is -0.451 e. The van der Waals surface area contributed by atoms with Crippen LogP contribution in [0.4, 0.5) is 0 Å². The SMILES string of the molecule is Cc1cnn(C2CCN(Cc3cocn3)C2)c1. The largest absolute Gasteiger partial charge is 0.451 e. The Morgan fingerprint density at radius 1 is 1.53 bits per heavy atom. The summed E-state index contributed by atoms with van der Waals surface area (Å²) < 4.78 is 7.07. The summed E-state index contributed by atoms with van der Waals surface area (Å²) in [7, 11) is 0. The van der Waals surface area contributed by atoms with Gasteiger partial charge in [-0.1, -0.05) is 0 Å². The maximum Gasteiger partial charge on any atom is 0.180 e. The summed E-state index contributed by atoms with van der Waals surface area (Å²) in [6.07, 6.45) is 8.38. The maximum absolute atomic E-state index is 4.98. The number of hydrogen-bond donors (Lipinski definition) is 0. The van der Waals surface area contributed by atoms with Crippen molar-refractivity contribution in [3.05, 3.63) is 36.3 Å². The molecular formula is C12H16N4O. The topological polar surface area (TPSA) is 47.1 Å². The zero-order valence-electron chi connectivity index (χ0n) is 9.91. The van der Waals surface area contributed by atoms with E-state index in [1.807, 2.05) is 6.20 Å². The fraction of sp³-hybridized carbons (Fsp3) is 0.500. The Kier molecular flexibility index (Phi) is 2.68. The molecule has 2 aromatic heterocycles. The lowest BCUT2D eigenvalue weighted by Gasteiger charge is -2.14. The summed E-state index contributed by atoms with van der Waals surface area (Å²) >= 11 is 0. The van der Waals surface area contributed by atoms with Crippen LogP contribution >= 0.6 is 0 Å². The molecule has 5 heteroatoms. The molecule has 0 saturated carbocycles. The van der Waals surface area contributed by atoms with Gasteiger partial charge in [-0.05, 0) is 18.9 Å². The first-order valence-electron chi connectivity index (χ1n) is 5.91. The van der Waals surface area contributed by atoms with Crippen LogP contribution in [0.15, 0.2) is 29.5 Å². The van der Waals surface area contributed by atoms with Crippen LogP contribution in [0.25, 0.3) is 0 Å². The summed E-state index contributed by atoms with van der Waals surface area (Å²) in [5, 5.41) is 4.39. The third-order valence-electron chi connectivity index (χ3n) is 3.22. The second-order valence-electron chi connectivity index (χ2n) is 4.66. The van der Waals surface area contributed by atoms with Crippen LogP contribution in [0.1, 0.15) is 23.7 Å². The number of aromatic nitrogens is 3. The molecule has 0 spiro atoms. The number of nitrogens with zero attached hydrogens (tertiary/aromatic N) is 4. The molecule has 3 heterocycles. The van der Waals surface area contributed by atoms with Gasteiger partial charge in [0.25, 0.3) is 0 Å². The lowest BCUT2D eigenvalue weighted by molar-refractivity contribution is 0.308. The van der Waals surface area contributed by atoms with E-state index in [2.05, 4.69) is 32.8 Å². The average molecular weight is 232 g/mol. The summed E-state index contributed by atoms with van der Waals surface area (Å²) in [6.45, 7) is 5.07. The van der Waals surface area contributed by atoms with Crippen LogP contribution in [-0.2, 0) is 6.54 Å². The fourth-order valence-electron chi connectivity index (χ4n) is 2.35. The molecule has 1 saturated heterocycles. The van der Waals surface area contributed by atoms with E-state index < -0.39 is 0 Å². The molecule has 0 N–H and O–H groups in total. The second-order valence-corrected chi connectivity index (χ2v) is 4.66. The van der Waals surface area contributed by atoms with E-state index in [1.54, 1.807) is 6.26 Å². The number of oxazole rings is 1. The van der Waals surface area contributed by atoms with Crippen molar-refractivity contribution in [3.8, 4) is 0 Å². The van der Waals surface area contributed by atoms with Gasteiger partial charge in [0.05, 0.1) is 17.9 Å². The molecule has 0 amide bonds. The van der Waals surface area contributed by atoms with Crippen molar-refractivity contribution in [1.29, 1.82) is 0 Å². The van der Waals surface area contributed by atoms with E-state index in [0.29, 0.717) is 6.04 Å². The van der Waals surface area contributed by atoms with E-state index in [0.717, 1.165) is 31.7 Å². The van der Waals surface area contributed by atoms with Gasteiger partial charge in [-0.2, -0.15) is 5.10 Å². The summed E-state index contributed by atoms with van der Waals surface area (Å²) in [4.78, 5) is 6.54. The Balaban J connectivity index is 1.62. The van der Waals surface area contributed by atoms with Gasteiger partial charge in [0.1, 0.15) is 6.26 Å². The molecule has 17 heavy (non-hydrogen) atoms. The van der Waals surface area contributed by atoms with Gasteiger partial charge >= 0.3 is 0 Å². The number of aryl methyl sites for hydroxylation is 1. The molecule has 2 aromatic rings. The molecule has 0 aromatic carbocycles. The van der Waals surface area contributed by atoms with E-state index in [-0.39, 0.29) is 0 Å². The predicted octanol–water partition coefficient (Wildman–Crippen LogP) is 1.63. The highest BCUT2D eigenvalue weighted by molar-refractivity contribution is 5.01. The molecular weight excluding hydrogens is 216 g/mol. The first-order chi connectivity index (χ1) is 8.31. The Labute approximate surface area is 100 Å². The van der Waals surface area contributed by atoms with Crippen LogP contribution in [0.5, 0.6) is 0 Å². The first kappa shape index (κ1) is 10.5.